The molecule has 0 aliphatic heterocycles. The van der Waals surface area contributed by atoms with Crippen molar-refractivity contribution in [1.82, 2.24) is 9.88 Å². The summed E-state index contributed by atoms with van der Waals surface area (Å²) in [6.07, 6.45) is 3.24. The Balaban J connectivity index is 1.46. The second-order valence-electron chi connectivity index (χ2n) is 6.13. The van der Waals surface area contributed by atoms with Crippen LogP contribution in [-0.4, -0.2) is 31.2 Å². The van der Waals surface area contributed by atoms with Crippen LogP contribution in [0.4, 0.5) is 0 Å². The summed E-state index contributed by atoms with van der Waals surface area (Å²) < 4.78 is 12.5. The van der Waals surface area contributed by atoms with Crippen molar-refractivity contribution in [3.63, 3.8) is 0 Å². The standard InChI is InChI=1S/C21H24N2O3/c1-25-18-6-3-16(4-7-18)5-10-21(24)22-12-14-23-13-11-17-15-19(26-2)8-9-20(17)23/h3-4,6-9,11,13,15H,5,10,12,14H2,1-2H3,(H,22,24). The third-order valence-electron chi connectivity index (χ3n) is 4.45. The first-order valence-corrected chi connectivity index (χ1v) is 8.72. The fourth-order valence-electron chi connectivity index (χ4n) is 2.95. The molecule has 136 valence electrons. The van der Waals surface area contributed by atoms with Gasteiger partial charge < -0.3 is 19.4 Å². The van der Waals surface area contributed by atoms with E-state index in [1.165, 1.54) is 0 Å². The van der Waals surface area contributed by atoms with Crippen molar-refractivity contribution in [3.8, 4) is 11.5 Å². The van der Waals surface area contributed by atoms with Crippen LogP contribution in [0.15, 0.2) is 54.7 Å². The fourth-order valence-corrected chi connectivity index (χ4v) is 2.95. The van der Waals surface area contributed by atoms with E-state index in [1.807, 2.05) is 48.7 Å². The molecule has 0 bridgehead atoms. The minimum atomic E-state index is 0.0685. The number of aromatic nitrogens is 1. The number of nitrogens with zero attached hydrogens (tertiary/aromatic N) is 1. The average molecular weight is 352 g/mol. The fraction of sp³-hybridized carbons (Fsp3) is 0.286. The number of rotatable bonds is 8. The van der Waals surface area contributed by atoms with Crippen LogP contribution in [-0.2, 0) is 17.8 Å². The van der Waals surface area contributed by atoms with Crippen LogP contribution in [0.5, 0.6) is 11.5 Å². The summed E-state index contributed by atoms with van der Waals surface area (Å²) in [5.41, 5.74) is 2.27. The van der Waals surface area contributed by atoms with Crippen molar-refractivity contribution in [2.75, 3.05) is 20.8 Å². The maximum Gasteiger partial charge on any atom is 0.220 e. The summed E-state index contributed by atoms with van der Waals surface area (Å²) >= 11 is 0. The smallest absolute Gasteiger partial charge is 0.220 e. The van der Waals surface area contributed by atoms with Gasteiger partial charge in [-0.1, -0.05) is 12.1 Å². The number of carbonyl (C=O) groups excluding carboxylic acids is 1. The summed E-state index contributed by atoms with van der Waals surface area (Å²) in [5, 5.41) is 4.13. The summed E-state index contributed by atoms with van der Waals surface area (Å²) in [5.74, 6) is 1.75. The quantitative estimate of drug-likeness (QED) is 0.676. The van der Waals surface area contributed by atoms with E-state index in [-0.39, 0.29) is 5.91 Å². The Bertz CT molecular complexity index is 869. The van der Waals surface area contributed by atoms with Gasteiger partial charge in [-0.05, 0) is 48.4 Å². The highest BCUT2D eigenvalue weighted by atomic mass is 16.5. The van der Waals surface area contributed by atoms with Gasteiger partial charge in [0.2, 0.25) is 5.91 Å². The van der Waals surface area contributed by atoms with E-state index in [0.717, 1.165) is 40.9 Å². The summed E-state index contributed by atoms with van der Waals surface area (Å²) in [7, 11) is 3.31. The van der Waals surface area contributed by atoms with E-state index in [2.05, 4.69) is 16.0 Å². The molecule has 5 heteroatoms. The average Bonchev–Trinajstić information content (AvgIpc) is 3.09. The van der Waals surface area contributed by atoms with Gasteiger partial charge in [-0.15, -0.1) is 0 Å². The number of aryl methyl sites for hydroxylation is 1. The number of nitrogens with one attached hydrogen (secondary N) is 1. The molecule has 1 amide bonds. The highest BCUT2D eigenvalue weighted by Gasteiger charge is 2.05. The molecule has 2 aromatic carbocycles. The van der Waals surface area contributed by atoms with Gasteiger partial charge in [-0.2, -0.15) is 0 Å². The van der Waals surface area contributed by atoms with Crippen LogP contribution in [0, 0.1) is 0 Å². The van der Waals surface area contributed by atoms with Crippen LogP contribution >= 0.6 is 0 Å². The van der Waals surface area contributed by atoms with Gasteiger partial charge in [0.05, 0.1) is 14.2 Å². The van der Waals surface area contributed by atoms with Crippen molar-refractivity contribution in [2.24, 2.45) is 0 Å². The van der Waals surface area contributed by atoms with Gasteiger partial charge >= 0.3 is 0 Å². The normalized spacial score (nSPS) is 10.7. The zero-order chi connectivity index (χ0) is 18.4. The molecular formula is C21H24N2O3. The number of fused-ring (bicyclic) bond motifs is 1. The number of methoxy groups -OCH3 is 2. The predicted molar refractivity (Wildman–Crippen MR) is 103 cm³/mol. The molecule has 0 spiro atoms. The molecule has 0 radical (unpaired) electrons. The highest BCUT2D eigenvalue weighted by Crippen LogP contribution is 2.21. The van der Waals surface area contributed by atoms with E-state index in [1.54, 1.807) is 14.2 Å². The van der Waals surface area contributed by atoms with Crippen LogP contribution < -0.4 is 14.8 Å². The number of amides is 1. The molecule has 0 unspecified atom stereocenters. The Kier molecular flexibility index (Phi) is 5.79. The minimum absolute atomic E-state index is 0.0685. The van der Waals surface area contributed by atoms with Gasteiger partial charge in [0.1, 0.15) is 11.5 Å². The zero-order valence-electron chi connectivity index (χ0n) is 15.2. The molecule has 3 rings (SSSR count). The number of ether oxygens (including phenoxy) is 2. The third-order valence-corrected chi connectivity index (χ3v) is 4.45. The number of hydrogen-bond donors (Lipinski definition) is 1. The molecule has 1 N–H and O–H groups in total. The van der Waals surface area contributed by atoms with Crippen LogP contribution in [0.2, 0.25) is 0 Å². The van der Waals surface area contributed by atoms with Crippen molar-refractivity contribution in [2.45, 2.75) is 19.4 Å². The zero-order valence-corrected chi connectivity index (χ0v) is 15.2. The van der Waals surface area contributed by atoms with Gasteiger partial charge in [0.25, 0.3) is 0 Å². The van der Waals surface area contributed by atoms with Crippen LogP contribution in [0.3, 0.4) is 0 Å². The molecule has 0 aliphatic rings. The molecule has 0 saturated heterocycles. The van der Waals surface area contributed by atoms with Crippen molar-refractivity contribution in [1.29, 1.82) is 0 Å². The lowest BCUT2D eigenvalue weighted by Crippen LogP contribution is -2.27. The summed E-state index contributed by atoms with van der Waals surface area (Å²) in [6, 6.07) is 15.9. The molecule has 0 fully saturated rings. The van der Waals surface area contributed by atoms with E-state index in [0.29, 0.717) is 13.0 Å². The van der Waals surface area contributed by atoms with E-state index in [4.69, 9.17) is 9.47 Å². The number of carbonyl (C=O) groups is 1. The molecule has 1 aromatic heterocycles. The van der Waals surface area contributed by atoms with Crippen LogP contribution in [0.1, 0.15) is 12.0 Å². The minimum Gasteiger partial charge on any atom is -0.497 e. The Labute approximate surface area is 153 Å². The maximum atomic E-state index is 12.1. The van der Waals surface area contributed by atoms with Crippen molar-refractivity contribution >= 4 is 16.8 Å². The van der Waals surface area contributed by atoms with Gasteiger partial charge in [0, 0.05) is 36.6 Å². The summed E-state index contributed by atoms with van der Waals surface area (Å²) in [4.78, 5) is 12.1. The van der Waals surface area contributed by atoms with E-state index in [9.17, 15) is 4.79 Å². The van der Waals surface area contributed by atoms with Crippen molar-refractivity contribution < 1.29 is 14.3 Å². The molecule has 26 heavy (non-hydrogen) atoms. The molecule has 0 saturated carbocycles. The topological polar surface area (TPSA) is 52.5 Å². The van der Waals surface area contributed by atoms with E-state index < -0.39 is 0 Å². The Morgan fingerprint density at radius 1 is 1.00 bits per heavy atom. The number of benzene rings is 2. The lowest BCUT2D eigenvalue weighted by atomic mass is 10.1. The Morgan fingerprint density at radius 2 is 1.73 bits per heavy atom. The second-order valence-corrected chi connectivity index (χ2v) is 6.13. The lowest BCUT2D eigenvalue weighted by molar-refractivity contribution is -0.121. The number of hydrogen-bond acceptors (Lipinski definition) is 3. The highest BCUT2D eigenvalue weighted by molar-refractivity contribution is 5.81. The molecule has 5 nitrogen and oxygen atoms in total. The predicted octanol–water partition coefficient (Wildman–Crippen LogP) is 3.41. The molecular weight excluding hydrogens is 328 g/mol. The van der Waals surface area contributed by atoms with Gasteiger partial charge in [-0.3, -0.25) is 4.79 Å². The molecule has 0 atom stereocenters. The SMILES string of the molecule is COc1ccc(CCC(=O)NCCn2ccc3cc(OC)ccc32)cc1. The molecule has 0 aliphatic carbocycles. The van der Waals surface area contributed by atoms with E-state index >= 15 is 0 Å². The van der Waals surface area contributed by atoms with Gasteiger partial charge in [0.15, 0.2) is 0 Å². The summed E-state index contributed by atoms with van der Waals surface area (Å²) in [6.45, 7) is 1.35. The monoisotopic (exact) mass is 352 g/mol. The first-order chi connectivity index (χ1) is 12.7. The first kappa shape index (κ1) is 17.9. The maximum absolute atomic E-state index is 12.1. The lowest BCUT2D eigenvalue weighted by Gasteiger charge is -2.08. The van der Waals surface area contributed by atoms with Crippen molar-refractivity contribution in [3.05, 3.63) is 60.3 Å². The largest absolute Gasteiger partial charge is 0.497 e. The Morgan fingerprint density at radius 3 is 2.46 bits per heavy atom. The third kappa shape index (κ3) is 4.36. The molecule has 3 aromatic rings. The molecule has 1 heterocycles. The van der Waals surface area contributed by atoms with Crippen LogP contribution in [0.25, 0.3) is 10.9 Å². The van der Waals surface area contributed by atoms with Gasteiger partial charge in [-0.25, -0.2) is 0 Å². The second kappa shape index (κ2) is 8.43. The first-order valence-electron chi connectivity index (χ1n) is 8.72. The Hall–Kier alpha value is -2.95.